The summed E-state index contributed by atoms with van der Waals surface area (Å²) in [5.74, 6) is 2.57. The van der Waals surface area contributed by atoms with Gasteiger partial charge in [-0.2, -0.15) is 0 Å². The molecule has 0 nitrogen and oxygen atoms in total. The molecule has 0 aromatic carbocycles. The third kappa shape index (κ3) is 3.83. The van der Waals surface area contributed by atoms with Crippen molar-refractivity contribution in [1.82, 2.24) is 0 Å². The molecule has 0 radical (unpaired) electrons. The number of rotatable bonds is 3. The summed E-state index contributed by atoms with van der Waals surface area (Å²) in [6, 6.07) is 0. The first-order valence-corrected chi connectivity index (χ1v) is 4.36. The van der Waals surface area contributed by atoms with E-state index in [1.807, 2.05) is 19.9 Å². The van der Waals surface area contributed by atoms with E-state index in [1.165, 1.54) is 0 Å². The molecule has 0 rings (SSSR count). The monoisotopic (exact) mass is 192 g/mol. The number of halogens is 1. The van der Waals surface area contributed by atoms with E-state index < -0.39 is 0 Å². The van der Waals surface area contributed by atoms with Crippen LogP contribution in [-0.2, 0) is 0 Å². The fraction of sp³-hybridized carbons (Fsp3) is 0.167. The summed E-state index contributed by atoms with van der Waals surface area (Å²) in [5.41, 5.74) is 1.67. The summed E-state index contributed by atoms with van der Waals surface area (Å²) >= 11 is 5.82. The molecular formula is C12H13Cl. The van der Waals surface area contributed by atoms with E-state index in [1.54, 1.807) is 18.2 Å². The molecule has 0 heterocycles. The minimum Gasteiger partial charge on any atom is -0.115 e. The highest BCUT2D eigenvalue weighted by Gasteiger charge is 1.96. The maximum Gasteiger partial charge on any atom is 0.0375 e. The van der Waals surface area contributed by atoms with E-state index in [2.05, 4.69) is 12.5 Å². The van der Waals surface area contributed by atoms with E-state index in [-0.39, 0.29) is 0 Å². The molecule has 0 bridgehead atoms. The summed E-state index contributed by atoms with van der Waals surface area (Å²) in [6.07, 6.45) is 12.5. The lowest BCUT2D eigenvalue weighted by molar-refractivity contribution is 1.53. The minimum atomic E-state index is 0.633. The Morgan fingerprint density at radius 3 is 2.31 bits per heavy atom. The Kier molecular flexibility index (Phi) is 5.76. The van der Waals surface area contributed by atoms with Gasteiger partial charge in [-0.05, 0) is 25.5 Å². The van der Waals surface area contributed by atoms with Crippen LogP contribution in [0.3, 0.4) is 0 Å². The number of hydrogen-bond acceptors (Lipinski definition) is 0. The molecule has 0 aromatic heterocycles. The van der Waals surface area contributed by atoms with Crippen LogP contribution in [0.25, 0.3) is 0 Å². The van der Waals surface area contributed by atoms with E-state index >= 15 is 0 Å². The van der Waals surface area contributed by atoms with Crippen molar-refractivity contribution in [3.05, 3.63) is 47.1 Å². The molecule has 0 atom stereocenters. The molecule has 0 saturated carbocycles. The fourth-order valence-corrected chi connectivity index (χ4v) is 0.922. The lowest BCUT2D eigenvalue weighted by Crippen LogP contribution is -1.82. The van der Waals surface area contributed by atoms with Crippen molar-refractivity contribution in [3.8, 4) is 12.3 Å². The van der Waals surface area contributed by atoms with Crippen molar-refractivity contribution in [2.75, 3.05) is 0 Å². The molecule has 13 heavy (non-hydrogen) atoms. The highest BCUT2D eigenvalue weighted by atomic mass is 35.5. The van der Waals surface area contributed by atoms with Gasteiger partial charge in [-0.3, -0.25) is 0 Å². The topological polar surface area (TPSA) is 0 Å². The molecule has 0 fully saturated rings. The van der Waals surface area contributed by atoms with Crippen LogP contribution >= 0.6 is 11.6 Å². The highest BCUT2D eigenvalue weighted by molar-refractivity contribution is 6.31. The van der Waals surface area contributed by atoms with Gasteiger partial charge in [-0.25, -0.2) is 0 Å². The van der Waals surface area contributed by atoms with Crippen molar-refractivity contribution in [2.45, 2.75) is 13.8 Å². The summed E-state index contributed by atoms with van der Waals surface area (Å²) in [4.78, 5) is 0. The van der Waals surface area contributed by atoms with Gasteiger partial charge in [0.05, 0.1) is 0 Å². The Labute approximate surface area is 85.3 Å². The first-order chi connectivity index (χ1) is 6.19. The molecule has 0 unspecified atom stereocenters. The van der Waals surface area contributed by atoms with Gasteiger partial charge in [0.25, 0.3) is 0 Å². The number of terminal acetylenes is 1. The van der Waals surface area contributed by atoms with Crippen molar-refractivity contribution >= 4 is 11.6 Å². The van der Waals surface area contributed by atoms with Crippen LogP contribution < -0.4 is 0 Å². The Morgan fingerprint density at radius 1 is 1.38 bits per heavy atom. The summed E-state index contributed by atoms with van der Waals surface area (Å²) in [6.45, 7) is 7.43. The van der Waals surface area contributed by atoms with Crippen LogP contribution in [0.2, 0.25) is 0 Å². The van der Waals surface area contributed by atoms with Crippen LogP contribution in [-0.4, -0.2) is 0 Å². The third-order valence-electron chi connectivity index (χ3n) is 1.56. The van der Waals surface area contributed by atoms with Crippen LogP contribution in [0.15, 0.2) is 47.1 Å². The molecule has 0 aliphatic heterocycles. The van der Waals surface area contributed by atoms with Crippen LogP contribution in [0.1, 0.15) is 13.8 Å². The lowest BCUT2D eigenvalue weighted by atomic mass is 10.1. The van der Waals surface area contributed by atoms with Gasteiger partial charge in [-0.1, -0.05) is 42.3 Å². The Bertz CT molecular complexity index is 309. The first kappa shape index (κ1) is 11.8. The van der Waals surface area contributed by atoms with Crippen molar-refractivity contribution in [1.29, 1.82) is 0 Å². The zero-order valence-electron chi connectivity index (χ0n) is 7.97. The Balaban J connectivity index is 5.04. The molecule has 0 saturated heterocycles. The van der Waals surface area contributed by atoms with E-state index in [0.717, 1.165) is 11.1 Å². The SMILES string of the molecule is C#CC(=C\C(Cl)=C/C)/C(C=C)=C/C. The standard InChI is InChI=1S/C12H13Cl/c1-5-10(6-2)11(7-3)9-12(13)8-4/h3,5-6,8-9H,1H2,2,4H3/b10-6+,11-9+,12-8+. The van der Waals surface area contributed by atoms with Crippen LogP contribution in [0.4, 0.5) is 0 Å². The average molecular weight is 193 g/mol. The van der Waals surface area contributed by atoms with Crippen molar-refractivity contribution in [3.63, 3.8) is 0 Å². The smallest absolute Gasteiger partial charge is 0.0375 e. The summed E-state index contributed by atoms with van der Waals surface area (Å²) < 4.78 is 0. The van der Waals surface area contributed by atoms with Gasteiger partial charge in [-0.15, -0.1) is 6.42 Å². The Morgan fingerprint density at radius 2 is 2.00 bits per heavy atom. The maximum atomic E-state index is 5.82. The molecule has 0 N–H and O–H groups in total. The zero-order valence-corrected chi connectivity index (χ0v) is 8.73. The summed E-state index contributed by atoms with van der Waals surface area (Å²) in [5, 5.41) is 0.633. The van der Waals surface area contributed by atoms with Gasteiger partial charge in [0.15, 0.2) is 0 Å². The normalized spacial score (nSPS) is 13.8. The maximum absolute atomic E-state index is 5.82. The second kappa shape index (κ2) is 6.34. The van der Waals surface area contributed by atoms with E-state index in [4.69, 9.17) is 18.0 Å². The fourth-order valence-electron chi connectivity index (χ4n) is 0.813. The van der Waals surface area contributed by atoms with Crippen LogP contribution in [0, 0.1) is 12.3 Å². The van der Waals surface area contributed by atoms with Crippen LogP contribution in [0.5, 0.6) is 0 Å². The Hall–Kier alpha value is -1.19. The third-order valence-corrected chi connectivity index (χ3v) is 1.88. The molecule has 68 valence electrons. The average Bonchev–Trinajstić information content (AvgIpc) is 2.17. The largest absolute Gasteiger partial charge is 0.115 e. The molecule has 0 aliphatic carbocycles. The van der Waals surface area contributed by atoms with E-state index in [0.29, 0.717) is 5.03 Å². The number of hydrogen-bond donors (Lipinski definition) is 0. The molecule has 0 spiro atoms. The molecule has 1 heteroatoms. The quantitative estimate of drug-likeness (QED) is 0.471. The van der Waals surface area contributed by atoms with Gasteiger partial charge < -0.3 is 0 Å². The van der Waals surface area contributed by atoms with Gasteiger partial charge in [0.2, 0.25) is 0 Å². The molecular weight excluding hydrogens is 180 g/mol. The van der Waals surface area contributed by atoms with E-state index in [9.17, 15) is 0 Å². The van der Waals surface area contributed by atoms with Gasteiger partial charge >= 0.3 is 0 Å². The van der Waals surface area contributed by atoms with Gasteiger partial charge in [0, 0.05) is 10.6 Å². The van der Waals surface area contributed by atoms with Crippen molar-refractivity contribution in [2.24, 2.45) is 0 Å². The number of allylic oxidation sites excluding steroid dienone is 7. The summed E-state index contributed by atoms with van der Waals surface area (Å²) in [7, 11) is 0. The lowest BCUT2D eigenvalue weighted by Gasteiger charge is -1.99. The first-order valence-electron chi connectivity index (χ1n) is 3.98. The molecule has 0 aliphatic rings. The van der Waals surface area contributed by atoms with Gasteiger partial charge in [0.1, 0.15) is 0 Å². The molecule has 0 amide bonds. The van der Waals surface area contributed by atoms with Crippen molar-refractivity contribution < 1.29 is 0 Å². The zero-order chi connectivity index (χ0) is 10.3. The second-order valence-corrected chi connectivity index (χ2v) is 2.76. The predicted molar refractivity (Wildman–Crippen MR) is 60.5 cm³/mol. The second-order valence-electron chi connectivity index (χ2n) is 2.32. The molecule has 0 aromatic rings. The predicted octanol–water partition coefficient (Wildman–Crippen LogP) is 3.82. The minimum absolute atomic E-state index is 0.633. The highest BCUT2D eigenvalue weighted by Crippen LogP contribution is 2.14.